The van der Waals surface area contributed by atoms with E-state index >= 15 is 0 Å². The van der Waals surface area contributed by atoms with Gasteiger partial charge in [0.15, 0.2) is 0 Å². The van der Waals surface area contributed by atoms with Crippen LogP contribution in [0.4, 0.5) is 0 Å². The van der Waals surface area contributed by atoms with Gasteiger partial charge in [-0.1, -0.05) is 6.07 Å². The van der Waals surface area contributed by atoms with Crippen molar-refractivity contribution in [2.45, 2.75) is 50.5 Å². The molecule has 2 fully saturated rings. The topological polar surface area (TPSA) is 57.7 Å². The Morgan fingerprint density at radius 3 is 2.39 bits per heavy atom. The lowest BCUT2D eigenvalue weighted by Gasteiger charge is -2.27. The van der Waals surface area contributed by atoms with Gasteiger partial charge in [0.05, 0.1) is 4.90 Å². The van der Waals surface area contributed by atoms with Gasteiger partial charge in [-0.3, -0.25) is 4.79 Å². The Balaban J connectivity index is 1.88. The van der Waals surface area contributed by atoms with Gasteiger partial charge >= 0.3 is 0 Å². The Hall–Kier alpha value is -1.40. The van der Waals surface area contributed by atoms with Gasteiger partial charge < -0.3 is 4.90 Å². The van der Waals surface area contributed by atoms with E-state index < -0.39 is 16.1 Å². The summed E-state index contributed by atoms with van der Waals surface area (Å²) in [6.07, 6.45) is 3.40. The predicted molar refractivity (Wildman–Crippen MR) is 88.6 cm³/mol. The number of rotatable bonds is 3. The van der Waals surface area contributed by atoms with Gasteiger partial charge in [0, 0.05) is 19.6 Å². The van der Waals surface area contributed by atoms with Crippen molar-refractivity contribution in [3.8, 4) is 0 Å². The molecule has 23 heavy (non-hydrogen) atoms. The number of carbonyl (C=O) groups is 1. The predicted octanol–water partition coefficient (Wildman–Crippen LogP) is 2.08. The van der Waals surface area contributed by atoms with E-state index in [0.717, 1.165) is 43.5 Å². The number of aryl methyl sites for hydroxylation is 2. The van der Waals surface area contributed by atoms with Gasteiger partial charge in [0.25, 0.3) is 0 Å². The van der Waals surface area contributed by atoms with Crippen LogP contribution in [0.25, 0.3) is 0 Å². The molecule has 2 aliphatic heterocycles. The average molecular weight is 336 g/mol. The lowest BCUT2D eigenvalue weighted by molar-refractivity contribution is -0.133. The summed E-state index contributed by atoms with van der Waals surface area (Å²) in [5.41, 5.74) is 2.02. The molecule has 0 saturated carbocycles. The fourth-order valence-electron chi connectivity index (χ4n) is 3.43. The van der Waals surface area contributed by atoms with Crippen LogP contribution in [0.3, 0.4) is 0 Å². The third kappa shape index (κ3) is 3.02. The third-order valence-electron chi connectivity index (χ3n) is 4.99. The van der Waals surface area contributed by atoms with Crippen LogP contribution in [-0.4, -0.2) is 49.2 Å². The average Bonchev–Trinajstić information content (AvgIpc) is 3.20. The lowest BCUT2D eigenvalue weighted by Crippen LogP contribution is -2.46. The molecule has 1 amide bonds. The molecule has 6 heteroatoms. The van der Waals surface area contributed by atoms with Crippen molar-refractivity contribution >= 4 is 15.9 Å². The molecular weight excluding hydrogens is 312 g/mol. The van der Waals surface area contributed by atoms with Crippen LogP contribution in [0.2, 0.25) is 0 Å². The molecule has 0 N–H and O–H groups in total. The molecule has 1 aromatic rings. The van der Waals surface area contributed by atoms with Crippen LogP contribution in [0.1, 0.15) is 36.8 Å². The van der Waals surface area contributed by atoms with Crippen molar-refractivity contribution in [3.05, 3.63) is 29.3 Å². The van der Waals surface area contributed by atoms with Gasteiger partial charge in [0.2, 0.25) is 15.9 Å². The monoisotopic (exact) mass is 336 g/mol. The number of benzene rings is 1. The van der Waals surface area contributed by atoms with Crippen LogP contribution < -0.4 is 0 Å². The second-order valence-electron chi connectivity index (χ2n) is 6.55. The number of nitrogens with zero attached hydrogens (tertiary/aromatic N) is 2. The maximum atomic E-state index is 13.0. The minimum atomic E-state index is -3.62. The molecule has 0 aromatic heterocycles. The Bertz CT molecular complexity index is 709. The summed E-state index contributed by atoms with van der Waals surface area (Å²) < 4.78 is 27.4. The second kappa shape index (κ2) is 6.24. The highest BCUT2D eigenvalue weighted by molar-refractivity contribution is 7.89. The molecule has 1 aromatic carbocycles. The fourth-order valence-corrected chi connectivity index (χ4v) is 5.17. The van der Waals surface area contributed by atoms with Gasteiger partial charge in [-0.2, -0.15) is 4.31 Å². The standard InChI is InChI=1S/C17H24N2O3S/c1-13-7-8-15(12-14(13)2)23(21,22)19-11-5-6-16(19)17(20)18-9-3-4-10-18/h7-8,12,16H,3-6,9-11H2,1-2H3. The number of sulfonamides is 1. The van der Waals surface area contributed by atoms with E-state index in [1.54, 1.807) is 12.1 Å². The first-order valence-corrected chi connectivity index (χ1v) is 9.73. The molecule has 2 aliphatic rings. The van der Waals surface area contributed by atoms with Gasteiger partial charge in [-0.05, 0) is 62.8 Å². The summed E-state index contributed by atoms with van der Waals surface area (Å²) in [6, 6.07) is 4.66. The largest absolute Gasteiger partial charge is 0.341 e. The molecule has 0 spiro atoms. The highest BCUT2D eigenvalue weighted by Crippen LogP contribution is 2.29. The zero-order valence-electron chi connectivity index (χ0n) is 13.8. The molecule has 1 unspecified atom stereocenters. The van der Waals surface area contributed by atoms with Crippen molar-refractivity contribution in [1.29, 1.82) is 0 Å². The summed E-state index contributed by atoms with van der Waals surface area (Å²) in [5.74, 6) is -0.0209. The van der Waals surface area contributed by atoms with Gasteiger partial charge in [0.1, 0.15) is 6.04 Å². The van der Waals surface area contributed by atoms with Crippen LogP contribution >= 0.6 is 0 Å². The number of likely N-dealkylation sites (tertiary alicyclic amines) is 1. The minimum absolute atomic E-state index is 0.0209. The van der Waals surface area contributed by atoms with Crippen molar-refractivity contribution < 1.29 is 13.2 Å². The number of amides is 1. The van der Waals surface area contributed by atoms with E-state index in [-0.39, 0.29) is 5.91 Å². The fraction of sp³-hybridized carbons (Fsp3) is 0.588. The number of hydrogen-bond donors (Lipinski definition) is 0. The van der Waals surface area contributed by atoms with E-state index in [2.05, 4.69) is 0 Å². The first-order chi connectivity index (χ1) is 10.9. The summed E-state index contributed by atoms with van der Waals surface area (Å²) in [7, 11) is -3.62. The SMILES string of the molecule is Cc1ccc(S(=O)(=O)N2CCCC2C(=O)N2CCCC2)cc1C. The maximum absolute atomic E-state index is 13.0. The second-order valence-corrected chi connectivity index (χ2v) is 8.44. The molecule has 2 heterocycles. The molecular formula is C17H24N2O3S. The first kappa shape index (κ1) is 16.5. The van der Waals surface area contributed by atoms with Crippen LogP contribution in [0.5, 0.6) is 0 Å². The normalized spacial score (nSPS) is 22.7. The van der Waals surface area contributed by atoms with E-state index in [4.69, 9.17) is 0 Å². The zero-order valence-corrected chi connectivity index (χ0v) is 14.6. The molecule has 126 valence electrons. The van der Waals surface area contributed by atoms with Crippen molar-refractivity contribution in [2.24, 2.45) is 0 Å². The van der Waals surface area contributed by atoms with Crippen molar-refractivity contribution in [3.63, 3.8) is 0 Å². The van der Waals surface area contributed by atoms with Crippen molar-refractivity contribution in [1.82, 2.24) is 9.21 Å². The number of hydrogen-bond acceptors (Lipinski definition) is 3. The quantitative estimate of drug-likeness (QED) is 0.849. The number of carbonyl (C=O) groups excluding carboxylic acids is 1. The Morgan fingerprint density at radius 1 is 1.04 bits per heavy atom. The summed E-state index contributed by atoms with van der Waals surface area (Å²) >= 11 is 0. The molecule has 0 bridgehead atoms. The Kier molecular flexibility index (Phi) is 4.47. The maximum Gasteiger partial charge on any atom is 0.243 e. The van der Waals surface area contributed by atoms with Crippen molar-refractivity contribution in [2.75, 3.05) is 19.6 Å². The minimum Gasteiger partial charge on any atom is -0.341 e. The van der Waals surface area contributed by atoms with Gasteiger partial charge in [-0.25, -0.2) is 8.42 Å². The smallest absolute Gasteiger partial charge is 0.243 e. The van der Waals surface area contributed by atoms with E-state index in [1.807, 2.05) is 24.8 Å². The third-order valence-corrected chi connectivity index (χ3v) is 6.90. The molecule has 3 rings (SSSR count). The van der Waals surface area contributed by atoms with E-state index in [1.165, 1.54) is 4.31 Å². The van der Waals surface area contributed by atoms with E-state index in [0.29, 0.717) is 17.9 Å². The summed E-state index contributed by atoms with van der Waals surface area (Å²) in [5, 5.41) is 0. The Morgan fingerprint density at radius 2 is 1.74 bits per heavy atom. The summed E-state index contributed by atoms with van der Waals surface area (Å²) in [4.78, 5) is 14.8. The first-order valence-electron chi connectivity index (χ1n) is 8.29. The highest BCUT2D eigenvalue weighted by atomic mass is 32.2. The molecule has 5 nitrogen and oxygen atoms in total. The summed E-state index contributed by atoms with van der Waals surface area (Å²) in [6.45, 7) is 5.81. The van der Waals surface area contributed by atoms with Gasteiger partial charge in [-0.15, -0.1) is 0 Å². The Labute approximate surface area is 138 Å². The van der Waals surface area contributed by atoms with E-state index in [9.17, 15) is 13.2 Å². The van der Waals surface area contributed by atoms with Crippen LogP contribution in [-0.2, 0) is 14.8 Å². The highest BCUT2D eigenvalue weighted by Gasteiger charge is 2.41. The van der Waals surface area contributed by atoms with Crippen LogP contribution in [0.15, 0.2) is 23.1 Å². The lowest BCUT2D eigenvalue weighted by atomic mass is 10.1. The molecule has 2 saturated heterocycles. The molecule has 1 atom stereocenters. The molecule has 0 radical (unpaired) electrons. The van der Waals surface area contributed by atoms with Crippen LogP contribution in [0, 0.1) is 13.8 Å². The zero-order chi connectivity index (χ0) is 16.6. The molecule has 0 aliphatic carbocycles.